The number of ether oxygens (including phenoxy) is 2. The predicted molar refractivity (Wildman–Crippen MR) is 135 cm³/mol. The minimum absolute atomic E-state index is 0.204. The Morgan fingerprint density at radius 2 is 2.03 bits per heavy atom. The standard InChI is InChI=1S/C28H36N4O4/c1-34-23-9-8-19(16-24(23)35-2)28-29-25(36-30-28)10-11-26(33)32-13-5-6-18-14-20-15-21(27(18)32)17-31-12-4-3-7-22(20)31/h8-9,14,16,20-22,27H,3-7,10-13,15,17H2,1-2H3/t20-,21-,22+,27-/m0/s1. The van der Waals surface area contributed by atoms with E-state index in [1.807, 2.05) is 18.2 Å². The first-order valence-electron chi connectivity index (χ1n) is 13.4. The molecule has 8 nitrogen and oxygen atoms in total. The molecular weight excluding hydrogens is 456 g/mol. The SMILES string of the molecule is COc1ccc(-c2noc(CCC(=O)N3CCCC4=C[C@H]5C[C@@H](CN6CCCC[C@H]56)[C@H]43)n2)cc1OC. The zero-order valence-corrected chi connectivity index (χ0v) is 21.3. The largest absolute Gasteiger partial charge is 0.493 e. The highest BCUT2D eigenvalue weighted by molar-refractivity contribution is 5.77. The molecule has 3 saturated heterocycles. The molecule has 3 aliphatic heterocycles. The van der Waals surface area contributed by atoms with E-state index < -0.39 is 0 Å². The average Bonchev–Trinajstić information content (AvgIpc) is 3.40. The summed E-state index contributed by atoms with van der Waals surface area (Å²) in [5.41, 5.74) is 2.31. The molecule has 1 aliphatic carbocycles. The number of likely N-dealkylation sites (tertiary alicyclic amines) is 1. The third kappa shape index (κ3) is 4.29. The van der Waals surface area contributed by atoms with Gasteiger partial charge in [-0.2, -0.15) is 4.98 Å². The maximum absolute atomic E-state index is 13.5. The zero-order chi connectivity index (χ0) is 24.6. The van der Waals surface area contributed by atoms with Crippen molar-refractivity contribution in [1.29, 1.82) is 0 Å². The highest BCUT2D eigenvalue weighted by Gasteiger charge is 2.46. The number of nitrogens with zero attached hydrogens (tertiary/aromatic N) is 4. The van der Waals surface area contributed by atoms with E-state index in [9.17, 15) is 4.79 Å². The molecule has 2 aromatic rings. The fourth-order valence-corrected chi connectivity index (χ4v) is 7.06. The van der Waals surface area contributed by atoms with Gasteiger partial charge >= 0.3 is 0 Å². The van der Waals surface area contributed by atoms with Gasteiger partial charge in [0.1, 0.15) is 0 Å². The van der Waals surface area contributed by atoms with E-state index in [2.05, 4.69) is 26.0 Å². The summed E-state index contributed by atoms with van der Waals surface area (Å²) in [6.45, 7) is 3.22. The topological polar surface area (TPSA) is 80.9 Å². The quantitative estimate of drug-likeness (QED) is 0.562. The lowest BCUT2D eigenvalue weighted by Crippen LogP contribution is -2.60. The van der Waals surface area contributed by atoms with Crippen molar-refractivity contribution in [2.75, 3.05) is 33.9 Å². The molecule has 8 heteroatoms. The van der Waals surface area contributed by atoms with Crippen LogP contribution in [0.1, 0.15) is 50.8 Å². The molecule has 0 saturated carbocycles. The first-order chi connectivity index (χ1) is 17.6. The van der Waals surface area contributed by atoms with Crippen LogP contribution in [0.15, 0.2) is 34.4 Å². The number of fused-ring (bicyclic) bond motifs is 6. The lowest BCUT2D eigenvalue weighted by atomic mass is 9.68. The van der Waals surface area contributed by atoms with E-state index >= 15 is 0 Å². The van der Waals surface area contributed by atoms with Crippen LogP contribution in [0.25, 0.3) is 11.4 Å². The smallest absolute Gasteiger partial charge is 0.227 e. The normalized spacial score (nSPS) is 27.6. The third-order valence-corrected chi connectivity index (χ3v) is 8.64. The van der Waals surface area contributed by atoms with Crippen LogP contribution < -0.4 is 9.47 Å². The number of aryl methyl sites for hydroxylation is 1. The van der Waals surface area contributed by atoms with Crippen LogP contribution in [-0.4, -0.2) is 71.8 Å². The Labute approximate surface area is 212 Å². The summed E-state index contributed by atoms with van der Waals surface area (Å²) in [4.78, 5) is 22.9. The van der Waals surface area contributed by atoms with Crippen LogP contribution in [0.4, 0.5) is 0 Å². The van der Waals surface area contributed by atoms with Crippen LogP contribution in [-0.2, 0) is 11.2 Å². The molecule has 6 rings (SSSR count). The maximum atomic E-state index is 13.5. The minimum atomic E-state index is 0.204. The number of piperidine rings is 3. The fourth-order valence-electron chi connectivity index (χ4n) is 7.06. The number of hydrogen-bond donors (Lipinski definition) is 0. The molecule has 36 heavy (non-hydrogen) atoms. The van der Waals surface area contributed by atoms with Gasteiger partial charge in [-0.25, -0.2) is 0 Å². The van der Waals surface area contributed by atoms with Gasteiger partial charge in [0, 0.05) is 37.5 Å². The van der Waals surface area contributed by atoms with Crippen LogP contribution in [0.2, 0.25) is 0 Å². The van der Waals surface area contributed by atoms with E-state index in [1.54, 1.807) is 14.2 Å². The molecule has 1 aromatic heterocycles. The number of carbonyl (C=O) groups excluding carboxylic acids is 1. The van der Waals surface area contributed by atoms with Gasteiger partial charge in [0.25, 0.3) is 0 Å². The van der Waals surface area contributed by atoms with Gasteiger partial charge in [0.2, 0.25) is 17.6 Å². The summed E-state index contributed by atoms with van der Waals surface area (Å²) in [5.74, 6) is 3.67. The van der Waals surface area contributed by atoms with Gasteiger partial charge < -0.3 is 18.9 Å². The van der Waals surface area contributed by atoms with Crippen LogP contribution >= 0.6 is 0 Å². The van der Waals surface area contributed by atoms with E-state index in [4.69, 9.17) is 14.0 Å². The molecule has 1 aromatic carbocycles. The molecule has 0 unspecified atom stereocenters. The number of carbonyl (C=O) groups is 1. The molecular formula is C28H36N4O4. The van der Waals surface area contributed by atoms with Crippen molar-refractivity contribution in [3.05, 3.63) is 35.7 Å². The van der Waals surface area contributed by atoms with Crippen LogP contribution in [0.3, 0.4) is 0 Å². The van der Waals surface area contributed by atoms with Gasteiger partial charge in [-0.05, 0) is 68.7 Å². The van der Waals surface area contributed by atoms with E-state index in [1.165, 1.54) is 37.8 Å². The number of methoxy groups -OCH3 is 2. The van der Waals surface area contributed by atoms with Crippen molar-refractivity contribution in [3.8, 4) is 22.9 Å². The van der Waals surface area contributed by atoms with Crippen LogP contribution in [0, 0.1) is 11.8 Å². The van der Waals surface area contributed by atoms with Gasteiger partial charge in [0.15, 0.2) is 11.5 Å². The number of amides is 1. The second-order valence-corrected chi connectivity index (χ2v) is 10.7. The van der Waals surface area contributed by atoms with E-state index in [0.717, 1.165) is 37.5 Å². The molecule has 4 aliphatic rings. The fraction of sp³-hybridized carbons (Fsp3) is 0.607. The molecule has 2 bridgehead atoms. The van der Waals surface area contributed by atoms with Gasteiger partial charge in [0.05, 0.1) is 20.3 Å². The summed E-state index contributed by atoms with van der Waals surface area (Å²) in [6, 6.07) is 6.52. The molecule has 4 heterocycles. The Bertz CT molecular complexity index is 1140. The summed E-state index contributed by atoms with van der Waals surface area (Å²) < 4.78 is 16.2. The number of rotatable bonds is 6. The monoisotopic (exact) mass is 492 g/mol. The average molecular weight is 493 g/mol. The summed E-state index contributed by atoms with van der Waals surface area (Å²) in [7, 11) is 3.20. The number of hydrogen-bond acceptors (Lipinski definition) is 7. The Morgan fingerprint density at radius 3 is 2.89 bits per heavy atom. The molecule has 192 valence electrons. The highest BCUT2D eigenvalue weighted by atomic mass is 16.5. The van der Waals surface area contributed by atoms with Crippen molar-refractivity contribution < 1.29 is 18.8 Å². The van der Waals surface area contributed by atoms with Crippen molar-refractivity contribution in [2.45, 2.75) is 63.5 Å². The Kier molecular flexibility index (Phi) is 6.46. The number of aromatic nitrogens is 2. The first kappa shape index (κ1) is 23.5. The first-order valence-corrected chi connectivity index (χ1v) is 13.4. The highest BCUT2D eigenvalue weighted by Crippen LogP contribution is 2.45. The molecule has 4 atom stereocenters. The minimum Gasteiger partial charge on any atom is -0.493 e. The van der Waals surface area contributed by atoms with Crippen molar-refractivity contribution in [3.63, 3.8) is 0 Å². The zero-order valence-electron chi connectivity index (χ0n) is 21.3. The second kappa shape index (κ2) is 9.88. The lowest BCUT2D eigenvalue weighted by molar-refractivity contribution is -0.136. The molecule has 3 fully saturated rings. The van der Waals surface area contributed by atoms with E-state index in [-0.39, 0.29) is 11.9 Å². The Hall–Kier alpha value is -2.87. The van der Waals surface area contributed by atoms with Crippen molar-refractivity contribution in [1.82, 2.24) is 19.9 Å². The Balaban J connectivity index is 1.13. The van der Waals surface area contributed by atoms with Crippen LogP contribution in [0.5, 0.6) is 11.5 Å². The maximum Gasteiger partial charge on any atom is 0.227 e. The summed E-state index contributed by atoms with van der Waals surface area (Å²) in [6.07, 6.45) is 10.9. The molecule has 0 spiro atoms. The number of benzene rings is 1. The van der Waals surface area contributed by atoms with Gasteiger partial charge in [-0.3, -0.25) is 9.69 Å². The molecule has 0 N–H and O–H groups in total. The third-order valence-electron chi connectivity index (χ3n) is 8.64. The van der Waals surface area contributed by atoms with Gasteiger partial charge in [-0.1, -0.05) is 23.2 Å². The second-order valence-electron chi connectivity index (χ2n) is 10.7. The van der Waals surface area contributed by atoms with E-state index in [0.29, 0.717) is 47.9 Å². The van der Waals surface area contributed by atoms with Crippen molar-refractivity contribution >= 4 is 5.91 Å². The Morgan fingerprint density at radius 1 is 1.14 bits per heavy atom. The van der Waals surface area contributed by atoms with Gasteiger partial charge in [-0.15, -0.1) is 0 Å². The summed E-state index contributed by atoms with van der Waals surface area (Å²) >= 11 is 0. The van der Waals surface area contributed by atoms with Crippen molar-refractivity contribution in [2.24, 2.45) is 11.8 Å². The molecule has 1 amide bonds. The summed E-state index contributed by atoms with van der Waals surface area (Å²) in [5, 5.41) is 4.13. The molecule has 0 radical (unpaired) electrons. The lowest BCUT2D eigenvalue weighted by Gasteiger charge is -2.54. The predicted octanol–water partition coefficient (Wildman–Crippen LogP) is 4.11.